The molecule has 0 bridgehead atoms. The molecule has 1 N–H and O–H groups in total. The van der Waals surface area contributed by atoms with Gasteiger partial charge in [-0.25, -0.2) is 0 Å². The van der Waals surface area contributed by atoms with E-state index in [2.05, 4.69) is 62.5 Å². The zero-order chi connectivity index (χ0) is 55.0. The lowest BCUT2D eigenvalue weighted by molar-refractivity contribution is -0.870. The van der Waals surface area contributed by atoms with Crippen LogP contribution in [0.3, 0.4) is 0 Å². The first-order valence-corrected chi connectivity index (χ1v) is 33.4. The molecule has 0 aliphatic rings. The predicted octanol–water partition coefficient (Wildman–Crippen LogP) is 19.0. The van der Waals surface area contributed by atoms with Gasteiger partial charge in [-0.3, -0.25) is 14.2 Å². The Labute approximate surface area is 465 Å². The third kappa shape index (κ3) is 56.5. The number of hydrogen-bond donors (Lipinski definition) is 1. The lowest BCUT2D eigenvalue weighted by Gasteiger charge is -2.30. The average molecular weight is 1080 g/mol. The maximum Gasteiger partial charge on any atom is 0.306 e. The van der Waals surface area contributed by atoms with Crippen LogP contribution in [0, 0.1) is 0 Å². The Bertz CT molecular complexity index is 1420. The topological polar surface area (TPSA) is 114 Å². The minimum absolute atomic E-state index is 0.0248. The summed E-state index contributed by atoms with van der Waals surface area (Å²) in [6.45, 7) is 6.84. The molecule has 0 spiro atoms. The Morgan fingerprint density at radius 2 is 0.813 bits per heavy atom. The van der Waals surface area contributed by atoms with Crippen LogP contribution in [0.25, 0.3) is 0 Å². The number of carbonyl (C=O) groups is 2. The smallest absolute Gasteiger partial charge is 0.306 e. The molecule has 0 aliphatic carbocycles. The highest BCUT2D eigenvalue weighted by Crippen LogP contribution is 2.38. The summed E-state index contributed by atoms with van der Waals surface area (Å²) >= 11 is 0. The molecule has 0 rings (SSSR count). The number of nitrogens with one attached hydrogen (secondary N) is 1. The van der Waals surface area contributed by atoms with Crippen LogP contribution in [0.15, 0.2) is 48.6 Å². The number of likely N-dealkylation sites (N-methyl/N-ethyl adjacent to an activating group) is 1. The van der Waals surface area contributed by atoms with Gasteiger partial charge in [0.2, 0.25) is 5.91 Å². The molecule has 0 radical (unpaired) electrons. The summed E-state index contributed by atoms with van der Waals surface area (Å²) in [7, 11) is 1.18. The number of phosphoric ester groups is 1. The quantitative estimate of drug-likeness (QED) is 0.0212. The molecular formula is C65H123N2O7P. The van der Waals surface area contributed by atoms with Crippen molar-refractivity contribution in [3.05, 3.63) is 48.6 Å². The van der Waals surface area contributed by atoms with Gasteiger partial charge in [0.1, 0.15) is 19.3 Å². The van der Waals surface area contributed by atoms with E-state index in [1.54, 1.807) is 0 Å². The van der Waals surface area contributed by atoms with Crippen molar-refractivity contribution in [2.75, 3.05) is 40.9 Å². The number of carbonyl (C=O) groups excluding carboxylic acids is 2. The fourth-order valence-corrected chi connectivity index (χ4v) is 10.0. The van der Waals surface area contributed by atoms with Crippen molar-refractivity contribution in [3.63, 3.8) is 0 Å². The van der Waals surface area contributed by atoms with Gasteiger partial charge < -0.3 is 28.5 Å². The first-order chi connectivity index (χ1) is 36.4. The molecule has 0 aliphatic heterocycles. The van der Waals surface area contributed by atoms with Crippen molar-refractivity contribution in [3.8, 4) is 0 Å². The van der Waals surface area contributed by atoms with E-state index in [4.69, 9.17) is 13.8 Å². The van der Waals surface area contributed by atoms with Gasteiger partial charge in [-0.2, -0.15) is 0 Å². The van der Waals surface area contributed by atoms with E-state index in [0.717, 1.165) is 77.0 Å². The van der Waals surface area contributed by atoms with Gasteiger partial charge in [0.15, 0.2) is 0 Å². The summed E-state index contributed by atoms with van der Waals surface area (Å²) in [6, 6.07) is -0.895. The van der Waals surface area contributed by atoms with E-state index in [1.165, 1.54) is 186 Å². The first-order valence-electron chi connectivity index (χ1n) is 31.9. The van der Waals surface area contributed by atoms with Gasteiger partial charge in [-0.15, -0.1) is 0 Å². The van der Waals surface area contributed by atoms with Gasteiger partial charge in [-0.05, 0) is 70.3 Å². The number of quaternary nitrogens is 1. The summed E-state index contributed by atoms with van der Waals surface area (Å²) in [5, 5.41) is 3.03. The molecular weight excluding hydrogens is 952 g/mol. The molecule has 3 atom stereocenters. The summed E-state index contributed by atoms with van der Waals surface area (Å²) in [5.41, 5.74) is 0. The summed E-state index contributed by atoms with van der Waals surface area (Å²) < 4.78 is 30.3. The number of phosphoric acid groups is 1. The number of allylic oxidation sites excluding steroid dienone is 7. The van der Waals surface area contributed by atoms with Gasteiger partial charge in [0.25, 0.3) is 7.82 Å². The Balaban J connectivity index is 5.28. The predicted molar refractivity (Wildman–Crippen MR) is 321 cm³/mol. The second kappa shape index (κ2) is 55.3. The maximum absolute atomic E-state index is 13.5. The number of nitrogens with zero attached hydrogens (tertiary/aromatic N) is 1. The molecule has 9 nitrogen and oxygen atoms in total. The molecule has 75 heavy (non-hydrogen) atoms. The zero-order valence-corrected chi connectivity index (χ0v) is 51.2. The molecule has 0 aromatic heterocycles. The van der Waals surface area contributed by atoms with Crippen molar-refractivity contribution >= 4 is 19.7 Å². The number of ether oxygens (including phenoxy) is 1. The van der Waals surface area contributed by atoms with Crippen LogP contribution in [0.1, 0.15) is 303 Å². The fraction of sp³-hybridized carbons (Fsp3) is 0.846. The monoisotopic (exact) mass is 1070 g/mol. The molecule has 10 heteroatoms. The van der Waals surface area contributed by atoms with Crippen molar-refractivity contribution in [2.45, 2.75) is 315 Å². The molecule has 0 saturated heterocycles. The number of esters is 1. The lowest BCUT2D eigenvalue weighted by Crippen LogP contribution is -2.47. The van der Waals surface area contributed by atoms with Crippen LogP contribution in [-0.4, -0.2) is 69.4 Å². The number of unbranched alkanes of at least 4 members (excludes halogenated alkanes) is 36. The van der Waals surface area contributed by atoms with Gasteiger partial charge in [-0.1, -0.05) is 269 Å². The highest BCUT2D eigenvalue weighted by atomic mass is 31.2. The number of amides is 1. The molecule has 0 saturated carbocycles. The van der Waals surface area contributed by atoms with E-state index in [1.807, 2.05) is 33.3 Å². The second-order valence-corrected chi connectivity index (χ2v) is 24.3. The van der Waals surface area contributed by atoms with Gasteiger partial charge >= 0.3 is 5.97 Å². The van der Waals surface area contributed by atoms with E-state index in [9.17, 15) is 19.0 Å². The normalized spacial score (nSPS) is 14.0. The summed E-state index contributed by atoms with van der Waals surface area (Å²) in [6.07, 6.45) is 67.9. The van der Waals surface area contributed by atoms with Crippen molar-refractivity contribution in [1.82, 2.24) is 5.32 Å². The summed E-state index contributed by atoms with van der Waals surface area (Å²) in [4.78, 5) is 40.0. The number of hydrogen-bond acceptors (Lipinski definition) is 7. The van der Waals surface area contributed by atoms with E-state index >= 15 is 0 Å². The largest absolute Gasteiger partial charge is 0.756 e. The molecule has 1 amide bonds. The second-order valence-electron chi connectivity index (χ2n) is 22.9. The molecule has 0 aromatic rings. The molecule has 0 fully saturated rings. The Kier molecular flexibility index (Phi) is 53.8. The van der Waals surface area contributed by atoms with E-state index < -0.39 is 26.6 Å². The molecule has 0 heterocycles. The highest BCUT2D eigenvalue weighted by Gasteiger charge is 2.27. The Morgan fingerprint density at radius 1 is 0.467 bits per heavy atom. The van der Waals surface area contributed by atoms with Crippen molar-refractivity contribution in [2.24, 2.45) is 0 Å². The van der Waals surface area contributed by atoms with Crippen LogP contribution in [0.5, 0.6) is 0 Å². The average Bonchev–Trinajstić information content (AvgIpc) is 3.37. The fourth-order valence-electron chi connectivity index (χ4n) is 9.29. The van der Waals surface area contributed by atoms with Crippen LogP contribution in [0.2, 0.25) is 0 Å². The Morgan fingerprint density at radius 3 is 1.24 bits per heavy atom. The minimum Gasteiger partial charge on any atom is -0.756 e. The first kappa shape index (κ1) is 73.0. The van der Waals surface area contributed by atoms with Crippen molar-refractivity contribution in [1.29, 1.82) is 0 Å². The van der Waals surface area contributed by atoms with Crippen LogP contribution < -0.4 is 10.2 Å². The Hall–Kier alpha value is -2.03. The molecule has 440 valence electrons. The SMILES string of the molecule is CCCCC/C=C\C/C=C\C/C=C\CCCCCCC(=O)OC(/C=C/CCCCCCCCCCCCC)C(COP(=O)([O-])OCC[N+](C)(C)C)NC(=O)CCCCCCCCCCCCCCCCCCCCC. The van der Waals surface area contributed by atoms with Crippen LogP contribution in [-0.2, 0) is 27.9 Å². The number of rotatable bonds is 58. The van der Waals surface area contributed by atoms with Crippen LogP contribution >= 0.6 is 7.82 Å². The van der Waals surface area contributed by atoms with Crippen molar-refractivity contribution < 1.29 is 37.3 Å². The van der Waals surface area contributed by atoms with Gasteiger partial charge in [0.05, 0.1) is 33.8 Å². The highest BCUT2D eigenvalue weighted by molar-refractivity contribution is 7.45. The standard InChI is InChI=1S/C65H123N2O7P/c1-7-10-13-16-19-22-25-28-30-32-33-35-36-39-42-45-48-51-54-57-64(68)66-62(61-73-75(70,71)72-60-59-67(4,5)6)63(56-53-50-47-44-41-38-27-24-21-18-15-12-9-3)74-65(69)58-55-52-49-46-43-40-37-34-31-29-26-23-20-17-14-11-8-2/h20,23,29,31,37,40,53,56,62-63H,7-19,21-22,24-28,30,32-36,38-39,41-52,54-55,57-61H2,1-6H3,(H-,66,68,70,71)/b23-20-,31-29-,40-37-,56-53+. The van der Waals surface area contributed by atoms with E-state index in [-0.39, 0.29) is 24.9 Å². The third-order valence-corrected chi connectivity index (χ3v) is 15.2. The minimum atomic E-state index is -4.70. The van der Waals surface area contributed by atoms with Gasteiger partial charge in [0, 0.05) is 12.8 Å². The zero-order valence-electron chi connectivity index (χ0n) is 50.3. The third-order valence-electron chi connectivity index (χ3n) is 14.3. The maximum atomic E-state index is 13.5. The molecule has 3 unspecified atom stereocenters. The van der Waals surface area contributed by atoms with Crippen LogP contribution in [0.4, 0.5) is 0 Å². The lowest BCUT2D eigenvalue weighted by atomic mass is 10.0. The summed E-state index contributed by atoms with van der Waals surface area (Å²) in [5.74, 6) is -0.554. The molecule has 0 aromatic carbocycles. The van der Waals surface area contributed by atoms with E-state index in [0.29, 0.717) is 23.9 Å².